The van der Waals surface area contributed by atoms with E-state index in [-0.39, 0.29) is 11.9 Å². The zero-order valence-corrected chi connectivity index (χ0v) is 20.8. The van der Waals surface area contributed by atoms with Gasteiger partial charge in [0.2, 0.25) is 5.91 Å². The minimum Gasteiger partial charge on any atom is -0.462 e. The van der Waals surface area contributed by atoms with Crippen molar-refractivity contribution in [3.05, 3.63) is 94.5 Å². The molecule has 0 spiro atoms. The van der Waals surface area contributed by atoms with Crippen LogP contribution in [0.5, 0.6) is 6.01 Å². The van der Waals surface area contributed by atoms with Crippen LogP contribution in [-0.4, -0.2) is 27.3 Å². The minimum absolute atomic E-state index is 0.219. The lowest BCUT2D eigenvalue weighted by molar-refractivity contribution is -0.111. The van der Waals surface area contributed by atoms with Crippen LogP contribution in [0.4, 0.5) is 5.69 Å². The number of anilines is 1. The number of carbonyl (C=O) groups excluding carboxylic acids is 1. The molecule has 178 valence electrons. The molecule has 0 saturated carbocycles. The van der Waals surface area contributed by atoms with Crippen molar-refractivity contribution in [3.8, 4) is 23.1 Å². The third-order valence-corrected chi connectivity index (χ3v) is 5.66. The molecule has 0 radical (unpaired) electrons. The van der Waals surface area contributed by atoms with E-state index in [0.29, 0.717) is 34.1 Å². The fraction of sp³-hybridized carbons (Fsp3) is 0.148. The molecule has 3 aromatic carbocycles. The van der Waals surface area contributed by atoms with E-state index in [0.717, 1.165) is 16.8 Å². The number of hydrogen-bond acceptors (Lipinski definition) is 4. The summed E-state index contributed by atoms with van der Waals surface area (Å²) < 4.78 is 7.44. The molecule has 1 aromatic heterocycles. The summed E-state index contributed by atoms with van der Waals surface area (Å²) in [5.41, 5.74) is 3.10. The molecule has 6 nitrogen and oxygen atoms in total. The van der Waals surface area contributed by atoms with Gasteiger partial charge < -0.3 is 10.1 Å². The Morgan fingerprint density at radius 1 is 1.03 bits per heavy atom. The lowest BCUT2D eigenvalue weighted by Gasteiger charge is -2.08. The van der Waals surface area contributed by atoms with Crippen molar-refractivity contribution < 1.29 is 9.53 Å². The van der Waals surface area contributed by atoms with Crippen molar-refractivity contribution in [2.24, 2.45) is 5.92 Å². The molecule has 0 aliphatic heterocycles. The van der Waals surface area contributed by atoms with Crippen LogP contribution in [0.15, 0.2) is 78.9 Å². The molecule has 0 unspecified atom stereocenters. The van der Waals surface area contributed by atoms with Crippen molar-refractivity contribution in [2.75, 3.05) is 11.9 Å². The van der Waals surface area contributed by atoms with Gasteiger partial charge in [-0.1, -0.05) is 67.4 Å². The normalized spacial score (nSPS) is 11.2. The molecule has 0 saturated heterocycles. The van der Waals surface area contributed by atoms with Crippen molar-refractivity contribution in [3.63, 3.8) is 0 Å². The quantitative estimate of drug-likeness (QED) is 0.263. The molecule has 0 aliphatic rings. The Balaban J connectivity index is 1.56. The maximum atomic E-state index is 12.3. The van der Waals surface area contributed by atoms with Gasteiger partial charge in [-0.2, -0.15) is 4.98 Å². The maximum Gasteiger partial charge on any atom is 0.336 e. The van der Waals surface area contributed by atoms with Gasteiger partial charge in [-0.15, -0.1) is 5.10 Å². The third-order valence-electron chi connectivity index (χ3n) is 4.92. The van der Waals surface area contributed by atoms with Crippen LogP contribution in [-0.2, 0) is 4.79 Å². The van der Waals surface area contributed by atoms with Gasteiger partial charge in [0.15, 0.2) is 5.82 Å². The van der Waals surface area contributed by atoms with E-state index in [1.807, 2.05) is 48.5 Å². The van der Waals surface area contributed by atoms with Crippen LogP contribution in [0.1, 0.15) is 19.4 Å². The second-order valence-electron chi connectivity index (χ2n) is 8.24. The van der Waals surface area contributed by atoms with Gasteiger partial charge in [0.05, 0.1) is 22.3 Å². The number of ether oxygens (including phenoxy) is 1. The number of halogens is 2. The van der Waals surface area contributed by atoms with E-state index in [4.69, 9.17) is 27.9 Å². The fourth-order valence-corrected chi connectivity index (χ4v) is 3.50. The smallest absolute Gasteiger partial charge is 0.336 e. The predicted molar refractivity (Wildman–Crippen MR) is 141 cm³/mol. The summed E-state index contributed by atoms with van der Waals surface area (Å²) in [6, 6.07) is 22.5. The number of carbonyl (C=O) groups is 1. The van der Waals surface area contributed by atoms with Gasteiger partial charge in [-0.05, 0) is 60.0 Å². The molecule has 8 heteroatoms. The van der Waals surface area contributed by atoms with E-state index >= 15 is 0 Å². The lowest BCUT2D eigenvalue weighted by Crippen LogP contribution is -2.08. The Morgan fingerprint density at radius 2 is 1.77 bits per heavy atom. The fourth-order valence-electron chi connectivity index (χ4n) is 3.20. The molecule has 1 amide bonds. The second kappa shape index (κ2) is 11.2. The topological polar surface area (TPSA) is 69.0 Å². The van der Waals surface area contributed by atoms with E-state index in [1.54, 1.807) is 35.0 Å². The molecule has 0 aliphatic carbocycles. The second-order valence-corrected chi connectivity index (χ2v) is 9.06. The van der Waals surface area contributed by atoms with Crippen LogP contribution in [0.3, 0.4) is 0 Å². The highest BCUT2D eigenvalue weighted by Crippen LogP contribution is 2.30. The van der Waals surface area contributed by atoms with E-state index in [2.05, 4.69) is 29.2 Å². The number of nitrogens with one attached hydrogen (secondary N) is 1. The SMILES string of the molecule is CC(C)COc1nc(-c2ccc(Cl)c(Cl)c2)n(-c2ccc(NC(=O)/C=C/c3ccccc3)cc2)n1. The zero-order valence-electron chi connectivity index (χ0n) is 19.3. The Bertz CT molecular complexity index is 1330. The monoisotopic (exact) mass is 506 g/mol. The number of nitrogens with zero attached hydrogens (tertiary/aromatic N) is 3. The molecular formula is C27H24Cl2N4O2. The largest absolute Gasteiger partial charge is 0.462 e. The molecule has 4 rings (SSSR count). The molecule has 1 N–H and O–H groups in total. The van der Waals surface area contributed by atoms with E-state index in [1.165, 1.54) is 6.08 Å². The minimum atomic E-state index is -0.219. The first-order valence-electron chi connectivity index (χ1n) is 11.1. The summed E-state index contributed by atoms with van der Waals surface area (Å²) in [6.45, 7) is 4.60. The van der Waals surface area contributed by atoms with Crippen LogP contribution in [0, 0.1) is 5.92 Å². The zero-order chi connectivity index (χ0) is 24.8. The van der Waals surface area contributed by atoms with E-state index in [9.17, 15) is 4.79 Å². The standard InChI is InChI=1S/C27H24Cl2N4O2/c1-18(2)17-35-27-31-26(20-9-14-23(28)24(29)16-20)33(32-27)22-12-10-21(11-13-22)30-25(34)15-8-19-6-4-3-5-7-19/h3-16,18H,17H2,1-2H3,(H,30,34)/b15-8+. The maximum absolute atomic E-state index is 12.3. The molecule has 0 fully saturated rings. The first-order valence-corrected chi connectivity index (χ1v) is 11.8. The third kappa shape index (κ3) is 6.50. The van der Waals surface area contributed by atoms with Gasteiger partial charge in [-0.3, -0.25) is 4.79 Å². The summed E-state index contributed by atoms with van der Waals surface area (Å²) in [5, 5.41) is 8.28. The number of benzene rings is 3. The van der Waals surface area contributed by atoms with Gasteiger partial charge in [0.1, 0.15) is 0 Å². The van der Waals surface area contributed by atoms with Gasteiger partial charge in [0.25, 0.3) is 0 Å². The van der Waals surface area contributed by atoms with E-state index < -0.39 is 0 Å². The summed E-state index contributed by atoms with van der Waals surface area (Å²) >= 11 is 12.3. The molecule has 4 aromatic rings. The van der Waals surface area contributed by atoms with Crippen molar-refractivity contribution >= 4 is 40.9 Å². The molecule has 0 atom stereocenters. The van der Waals surface area contributed by atoms with Gasteiger partial charge in [0, 0.05) is 17.3 Å². The van der Waals surface area contributed by atoms with Crippen molar-refractivity contribution in [1.82, 2.24) is 14.8 Å². The average Bonchev–Trinajstić information content (AvgIpc) is 3.29. The lowest BCUT2D eigenvalue weighted by atomic mass is 10.2. The Morgan fingerprint density at radius 3 is 2.46 bits per heavy atom. The molecular weight excluding hydrogens is 483 g/mol. The molecule has 0 bridgehead atoms. The van der Waals surface area contributed by atoms with Crippen LogP contribution >= 0.6 is 23.2 Å². The number of rotatable bonds is 8. The van der Waals surface area contributed by atoms with Crippen molar-refractivity contribution in [1.29, 1.82) is 0 Å². The molecule has 1 heterocycles. The highest BCUT2D eigenvalue weighted by atomic mass is 35.5. The predicted octanol–water partition coefficient (Wildman–Crippen LogP) is 6.93. The van der Waals surface area contributed by atoms with Crippen molar-refractivity contribution in [2.45, 2.75) is 13.8 Å². The van der Waals surface area contributed by atoms with Crippen LogP contribution in [0.25, 0.3) is 23.2 Å². The highest BCUT2D eigenvalue weighted by Gasteiger charge is 2.16. The first kappa shape index (κ1) is 24.5. The summed E-state index contributed by atoms with van der Waals surface area (Å²) in [7, 11) is 0. The summed E-state index contributed by atoms with van der Waals surface area (Å²) in [4.78, 5) is 16.9. The van der Waals surface area contributed by atoms with Gasteiger partial charge >= 0.3 is 6.01 Å². The number of hydrogen-bond donors (Lipinski definition) is 1. The Hall–Kier alpha value is -3.61. The summed E-state index contributed by atoms with van der Waals surface area (Å²) in [5.74, 6) is 0.669. The van der Waals surface area contributed by atoms with Crippen LogP contribution < -0.4 is 10.1 Å². The average molecular weight is 507 g/mol. The van der Waals surface area contributed by atoms with Crippen LogP contribution in [0.2, 0.25) is 10.0 Å². The Kier molecular flexibility index (Phi) is 7.85. The molecule has 35 heavy (non-hydrogen) atoms. The highest BCUT2D eigenvalue weighted by molar-refractivity contribution is 6.42. The summed E-state index contributed by atoms with van der Waals surface area (Å²) in [6.07, 6.45) is 3.27. The van der Waals surface area contributed by atoms with Gasteiger partial charge in [-0.25, -0.2) is 4.68 Å². The number of amides is 1. The number of aromatic nitrogens is 3. The first-order chi connectivity index (χ1) is 16.9. The Labute approximate surface area is 214 Å².